The highest BCUT2D eigenvalue weighted by Crippen LogP contribution is 2.32. The molecule has 0 saturated heterocycles. The number of methoxy groups -OCH3 is 1. The number of hydrogen-bond donors (Lipinski definition) is 1. The highest BCUT2D eigenvalue weighted by Gasteiger charge is 2.28. The monoisotopic (exact) mass is 251 g/mol. The highest BCUT2D eigenvalue weighted by molar-refractivity contribution is 5.32. The molecule has 0 aromatic heterocycles. The Kier molecular flexibility index (Phi) is 5.63. The maximum absolute atomic E-state index is 10.9. The van der Waals surface area contributed by atoms with Crippen LogP contribution in [0, 0.1) is 0 Å². The summed E-state index contributed by atoms with van der Waals surface area (Å²) in [6.45, 7) is 2.97. The number of benzene rings is 1. The third-order valence-electron chi connectivity index (χ3n) is 3.24. The van der Waals surface area contributed by atoms with Gasteiger partial charge < -0.3 is 14.7 Å². The van der Waals surface area contributed by atoms with Gasteiger partial charge in [0.05, 0.1) is 12.7 Å². The molecule has 1 rings (SSSR count). The second kappa shape index (κ2) is 6.76. The zero-order valence-corrected chi connectivity index (χ0v) is 11.9. The van der Waals surface area contributed by atoms with Crippen LogP contribution in [-0.4, -0.2) is 37.8 Å². The van der Waals surface area contributed by atoms with Crippen LogP contribution in [0.2, 0.25) is 0 Å². The molecule has 0 amide bonds. The van der Waals surface area contributed by atoms with E-state index in [2.05, 4.69) is 11.8 Å². The van der Waals surface area contributed by atoms with Gasteiger partial charge in [0.2, 0.25) is 0 Å². The summed E-state index contributed by atoms with van der Waals surface area (Å²) in [4.78, 5) is 2.10. The smallest absolute Gasteiger partial charge is 0.119 e. The molecule has 0 spiro atoms. The third-order valence-corrected chi connectivity index (χ3v) is 3.24. The van der Waals surface area contributed by atoms with E-state index in [0.717, 1.165) is 37.1 Å². The SMILES string of the molecule is CCC[C@](O)(CCN(C)C)c1cccc(OC)c1. The highest BCUT2D eigenvalue weighted by atomic mass is 16.5. The lowest BCUT2D eigenvalue weighted by atomic mass is 9.86. The van der Waals surface area contributed by atoms with Crippen LogP contribution in [0.3, 0.4) is 0 Å². The van der Waals surface area contributed by atoms with Crippen molar-refractivity contribution >= 4 is 0 Å². The van der Waals surface area contributed by atoms with E-state index in [1.807, 2.05) is 38.4 Å². The summed E-state index contributed by atoms with van der Waals surface area (Å²) in [7, 11) is 5.70. The Bertz CT molecular complexity index is 365. The summed E-state index contributed by atoms with van der Waals surface area (Å²) in [5, 5.41) is 10.9. The average molecular weight is 251 g/mol. The van der Waals surface area contributed by atoms with Crippen molar-refractivity contribution in [3.8, 4) is 5.75 Å². The number of rotatable bonds is 7. The summed E-state index contributed by atoms with van der Waals surface area (Å²) < 4.78 is 5.23. The van der Waals surface area contributed by atoms with Crippen molar-refractivity contribution in [1.82, 2.24) is 4.90 Å². The fraction of sp³-hybridized carbons (Fsp3) is 0.600. The van der Waals surface area contributed by atoms with Crippen LogP contribution in [0.1, 0.15) is 31.7 Å². The largest absolute Gasteiger partial charge is 0.497 e. The summed E-state index contributed by atoms with van der Waals surface area (Å²) in [5.74, 6) is 0.798. The van der Waals surface area contributed by atoms with E-state index in [1.54, 1.807) is 7.11 Å². The summed E-state index contributed by atoms with van der Waals surface area (Å²) in [6, 6.07) is 7.76. The van der Waals surface area contributed by atoms with Crippen LogP contribution in [0.25, 0.3) is 0 Å². The van der Waals surface area contributed by atoms with Gasteiger partial charge in [-0.15, -0.1) is 0 Å². The van der Waals surface area contributed by atoms with Crippen LogP contribution in [0.4, 0.5) is 0 Å². The number of aliphatic hydroxyl groups is 1. The van der Waals surface area contributed by atoms with E-state index in [4.69, 9.17) is 4.74 Å². The minimum atomic E-state index is -0.756. The van der Waals surface area contributed by atoms with E-state index in [-0.39, 0.29) is 0 Å². The van der Waals surface area contributed by atoms with Gasteiger partial charge in [0.1, 0.15) is 5.75 Å². The first kappa shape index (κ1) is 15.0. The van der Waals surface area contributed by atoms with E-state index in [0.29, 0.717) is 0 Å². The predicted octanol–water partition coefficient (Wildman–Crippen LogP) is 2.63. The van der Waals surface area contributed by atoms with Gasteiger partial charge in [-0.25, -0.2) is 0 Å². The molecule has 1 atom stereocenters. The minimum absolute atomic E-state index is 0.737. The molecule has 0 radical (unpaired) electrons. The fourth-order valence-corrected chi connectivity index (χ4v) is 2.15. The Morgan fingerprint density at radius 1 is 1.28 bits per heavy atom. The molecule has 0 heterocycles. The van der Waals surface area contributed by atoms with Crippen molar-refractivity contribution in [1.29, 1.82) is 0 Å². The van der Waals surface area contributed by atoms with Crippen molar-refractivity contribution in [2.45, 2.75) is 31.8 Å². The van der Waals surface area contributed by atoms with E-state index in [9.17, 15) is 5.11 Å². The van der Waals surface area contributed by atoms with Gasteiger partial charge in [-0.2, -0.15) is 0 Å². The quantitative estimate of drug-likeness (QED) is 0.808. The van der Waals surface area contributed by atoms with Crippen LogP contribution < -0.4 is 4.74 Å². The van der Waals surface area contributed by atoms with Crippen LogP contribution in [0.15, 0.2) is 24.3 Å². The molecule has 1 aromatic carbocycles. The van der Waals surface area contributed by atoms with E-state index in [1.165, 1.54) is 0 Å². The molecule has 0 fully saturated rings. The Morgan fingerprint density at radius 2 is 2.00 bits per heavy atom. The topological polar surface area (TPSA) is 32.7 Å². The Hall–Kier alpha value is -1.06. The average Bonchev–Trinajstić information content (AvgIpc) is 2.37. The molecule has 3 nitrogen and oxygen atoms in total. The second-order valence-corrected chi connectivity index (χ2v) is 5.07. The molecule has 0 bridgehead atoms. The molecule has 102 valence electrons. The summed E-state index contributed by atoms with van der Waals surface area (Å²) >= 11 is 0. The third kappa shape index (κ3) is 4.00. The normalized spacial score (nSPS) is 14.6. The van der Waals surface area contributed by atoms with E-state index >= 15 is 0 Å². The summed E-state index contributed by atoms with van der Waals surface area (Å²) in [5.41, 5.74) is 0.193. The lowest BCUT2D eigenvalue weighted by molar-refractivity contribution is 0.0115. The van der Waals surface area contributed by atoms with Gasteiger partial charge >= 0.3 is 0 Å². The lowest BCUT2D eigenvalue weighted by Gasteiger charge is -2.30. The lowest BCUT2D eigenvalue weighted by Crippen LogP contribution is -2.30. The van der Waals surface area contributed by atoms with Crippen molar-refractivity contribution in [2.75, 3.05) is 27.7 Å². The van der Waals surface area contributed by atoms with Crippen LogP contribution in [-0.2, 0) is 5.60 Å². The Balaban J connectivity index is 2.93. The van der Waals surface area contributed by atoms with Gasteiger partial charge in [0, 0.05) is 6.54 Å². The van der Waals surface area contributed by atoms with Gasteiger partial charge in [-0.05, 0) is 44.6 Å². The first-order valence-corrected chi connectivity index (χ1v) is 6.53. The first-order chi connectivity index (χ1) is 8.51. The zero-order valence-electron chi connectivity index (χ0n) is 11.9. The molecule has 18 heavy (non-hydrogen) atoms. The molecule has 0 aliphatic carbocycles. The minimum Gasteiger partial charge on any atom is -0.497 e. The molecule has 0 unspecified atom stereocenters. The number of hydrogen-bond acceptors (Lipinski definition) is 3. The fourth-order valence-electron chi connectivity index (χ4n) is 2.15. The van der Waals surface area contributed by atoms with Gasteiger partial charge in [-0.3, -0.25) is 0 Å². The maximum atomic E-state index is 10.9. The van der Waals surface area contributed by atoms with Crippen molar-refractivity contribution in [3.05, 3.63) is 29.8 Å². The van der Waals surface area contributed by atoms with Crippen LogP contribution >= 0.6 is 0 Å². The Labute approximate surface area is 110 Å². The van der Waals surface area contributed by atoms with E-state index < -0.39 is 5.60 Å². The molecule has 1 aromatic rings. The van der Waals surface area contributed by atoms with Crippen molar-refractivity contribution < 1.29 is 9.84 Å². The molecular weight excluding hydrogens is 226 g/mol. The summed E-state index contributed by atoms with van der Waals surface area (Å²) in [6.07, 6.45) is 2.47. The standard InChI is InChI=1S/C15H25NO2/c1-5-9-15(17,10-11-16(2)3)13-7-6-8-14(12-13)18-4/h6-8,12,17H,5,9-11H2,1-4H3/t15-/m0/s1. The second-order valence-electron chi connectivity index (χ2n) is 5.07. The zero-order chi connectivity index (χ0) is 13.6. The molecule has 0 saturated carbocycles. The number of ether oxygens (including phenoxy) is 1. The van der Waals surface area contributed by atoms with Crippen molar-refractivity contribution in [2.24, 2.45) is 0 Å². The molecular formula is C15H25NO2. The molecule has 0 aliphatic heterocycles. The molecule has 3 heteroatoms. The number of nitrogens with zero attached hydrogens (tertiary/aromatic N) is 1. The maximum Gasteiger partial charge on any atom is 0.119 e. The van der Waals surface area contributed by atoms with Gasteiger partial charge in [0.25, 0.3) is 0 Å². The Morgan fingerprint density at radius 3 is 2.56 bits per heavy atom. The van der Waals surface area contributed by atoms with Crippen molar-refractivity contribution in [3.63, 3.8) is 0 Å². The van der Waals surface area contributed by atoms with Gasteiger partial charge in [0.15, 0.2) is 0 Å². The predicted molar refractivity (Wildman–Crippen MR) is 75.0 cm³/mol. The van der Waals surface area contributed by atoms with Crippen LogP contribution in [0.5, 0.6) is 5.75 Å². The molecule has 1 N–H and O–H groups in total. The molecule has 0 aliphatic rings. The van der Waals surface area contributed by atoms with Gasteiger partial charge in [-0.1, -0.05) is 25.5 Å². The first-order valence-electron chi connectivity index (χ1n) is 6.53.